The van der Waals surface area contributed by atoms with Gasteiger partial charge in [-0.1, -0.05) is 0 Å². The van der Waals surface area contributed by atoms with Gasteiger partial charge in [0.1, 0.15) is 6.23 Å². The van der Waals surface area contributed by atoms with Crippen LogP contribution in [-0.4, -0.2) is 26.2 Å². The zero-order chi connectivity index (χ0) is 5.70. The molecular formula is C4H12NOP. The molecule has 0 saturated carbocycles. The van der Waals surface area contributed by atoms with E-state index < -0.39 is 0 Å². The molecule has 0 aliphatic heterocycles. The van der Waals surface area contributed by atoms with Crippen LogP contribution in [0.5, 0.6) is 0 Å². The Morgan fingerprint density at radius 1 is 1.86 bits per heavy atom. The molecule has 0 fully saturated rings. The van der Waals surface area contributed by atoms with Crippen molar-refractivity contribution in [2.45, 2.75) is 6.23 Å². The molecule has 2 nitrogen and oxygen atoms in total. The van der Waals surface area contributed by atoms with Gasteiger partial charge in [0.2, 0.25) is 0 Å². The van der Waals surface area contributed by atoms with Crippen molar-refractivity contribution >= 4 is 8.58 Å². The fourth-order valence-corrected chi connectivity index (χ4v) is 0.854. The summed E-state index contributed by atoms with van der Waals surface area (Å²) in [4.78, 5) is 0. The lowest BCUT2D eigenvalue weighted by Crippen LogP contribution is -2.23. The Kier molecular flexibility index (Phi) is 4.73. The molecule has 44 valence electrons. The standard InChI is InChI=1S/C4H12NOP/c1-6-4(5)3-7-2/h4,7H,3,5H2,1-2H3. The average Bonchev–Trinajstić information content (AvgIpc) is 1.68. The van der Waals surface area contributed by atoms with Crippen LogP contribution in [-0.2, 0) is 4.74 Å². The first-order valence-corrected chi connectivity index (χ1v) is 3.95. The minimum absolute atomic E-state index is 0.0386. The van der Waals surface area contributed by atoms with Gasteiger partial charge in [-0.15, -0.1) is 8.58 Å². The third-order valence-corrected chi connectivity index (χ3v) is 1.52. The summed E-state index contributed by atoms with van der Waals surface area (Å²) in [6, 6.07) is 0. The van der Waals surface area contributed by atoms with E-state index in [1.807, 2.05) is 0 Å². The molecule has 0 aromatic heterocycles. The molecule has 0 saturated heterocycles. The van der Waals surface area contributed by atoms with Gasteiger partial charge in [0, 0.05) is 13.3 Å². The third kappa shape index (κ3) is 4.20. The Morgan fingerprint density at radius 3 is 2.57 bits per heavy atom. The van der Waals surface area contributed by atoms with Crippen LogP contribution in [0.3, 0.4) is 0 Å². The fourth-order valence-electron chi connectivity index (χ4n) is 0.285. The molecule has 0 radical (unpaired) electrons. The van der Waals surface area contributed by atoms with Gasteiger partial charge in [0.25, 0.3) is 0 Å². The van der Waals surface area contributed by atoms with Crippen molar-refractivity contribution in [3.63, 3.8) is 0 Å². The molecule has 0 rings (SSSR count). The highest BCUT2D eigenvalue weighted by molar-refractivity contribution is 7.37. The highest BCUT2D eigenvalue weighted by Gasteiger charge is 1.92. The number of methoxy groups -OCH3 is 1. The van der Waals surface area contributed by atoms with Crippen LogP contribution >= 0.6 is 8.58 Å². The van der Waals surface area contributed by atoms with Crippen molar-refractivity contribution in [1.29, 1.82) is 0 Å². The lowest BCUT2D eigenvalue weighted by Gasteiger charge is -2.04. The van der Waals surface area contributed by atoms with E-state index in [1.54, 1.807) is 7.11 Å². The van der Waals surface area contributed by atoms with Gasteiger partial charge in [-0.2, -0.15) is 0 Å². The minimum atomic E-state index is -0.0386. The van der Waals surface area contributed by atoms with Crippen molar-refractivity contribution in [2.75, 3.05) is 19.9 Å². The molecule has 3 heteroatoms. The van der Waals surface area contributed by atoms with Crippen molar-refractivity contribution in [3.8, 4) is 0 Å². The molecule has 0 aliphatic carbocycles. The van der Waals surface area contributed by atoms with Crippen molar-refractivity contribution in [2.24, 2.45) is 5.73 Å². The van der Waals surface area contributed by atoms with E-state index in [0.29, 0.717) is 0 Å². The maximum atomic E-state index is 5.37. The molecule has 0 heterocycles. The first-order chi connectivity index (χ1) is 3.31. The van der Waals surface area contributed by atoms with E-state index in [9.17, 15) is 0 Å². The molecule has 2 unspecified atom stereocenters. The van der Waals surface area contributed by atoms with Crippen LogP contribution in [0.25, 0.3) is 0 Å². The van der Waals surface area contributed by atoms with E-state index in [1.165, 1.54) is 0 Å². The minimum Gasteiger partial charge on any atom is -0.366 e. The molecule has 0 spiro atoms. The number of hydrogen-bond acceptors (Lipinski definition) is 2. The molecule has 0 aliphatic rings. The summed E-state index contributed by atoms with van der Waals surface area (Å²) in [7, 11) is 2.52. The van der Waals surface area contributed by atoms with E-state index in [4.69, 9.17) is 10.5 Å². The second-order valence-electron chi connectivity index (χ2n) is 1.33. The van der Waals surface area contributed by atoms with E-state index in [0.717, 1.165) is 14.7 Å². The Balaban J connectivity index is 2.83. The molecular weight excluding hydrogens is 109 g/mol. The maximum Gasteiger partial charge on any atom is 0.108 e. The number of nitrogens with two attached hydrogens (primary N) is 1. The summed E-state index contributed by atoms with van der Waals surface area (Å²) < 4.78 is 4.78. The second kappa shape index (κ2) is 4.51. The van der Waals surface area contributed by atoms with Crippen molar-refractivity contribution in [3.05, 3.63) is 0 Å². The highest BCUT2D eigenvalue weighted by atomic mass is 31.1. The van der Waals surface area contributed by atoms with Gasteiger partial charge in [0.05, 0.1) is 0 Å². The summed E-state index contributed by atoms with van der Waals surface area (Å²) in [5.41, 5.74) is 5.37. The monoisotopic (exact) mass is 121 g/mol. The lowest BCUT2D eigenvalue weighted by molar-refractivity contribution is 0.127. The van der Waals surface area contributed by atoms with Gasteiger partial charge < -0.3 is 10.5 Å². The van der Waals surface area contributed by atoms with Crippen molar-refractivity contribution < 1.29 is 4.74 Å². The zero-order valence-corrected chi connectivity index (χ0v) is 5.77. The normalized spacial score (nSPS) is 15.9. The predicted molar refractivity (Wildman–Crippen MR) is 34.1 cm³/mol. The first-order valence-electron chi connectivity index (χ1n) is 2.24. The molecule has 0 bridgehead atoms. The molecule has 0 aromatic rings. The lowest BCUT2D eigenvalue weighted by atomic mass is 10.7. The Labute approximate surface area is 46.2 Å². The summed E-state index contributed by atoms with van der Waals surface area (Å²) >= 11 is 0. The van der Waals surface area contributed by atoms with Crippen LogP contribution in [0.15, 0.2) is 0 Å². The molecule has 2 atom stereocenters. The second-order valence-corrected chi connectivity index (χ2v) is 2.45. The van der Waals surface area contributed by atoms with E-state index >= 15 is 0 Å². The third-order valence-electron chi connectivity index (χ3n) is 0.708. The Bertz CT molecular complexity index is 42.7. The summed E-state index contributed by atoms with van der Waals surface area (Å²) in [6.45, 7) is 2.11. The summed E-state index contributed by atoms with van der Waals surface area (Å²) in [5.74, 6) is 0. The highest BCUT2D eigenvalue weighted by Crippen LogP contribution is 2.01. The predicted octanol–water partition coefficient (Wildman–Crippen LogP) is 0.226. The number of rotatable bonds is 3. The van der Waals surface area contributed by atoms with E-state index in [2.05, 4.69) is 6.66 Å². The van der Waals surface area contributed by atoms with Gasteiger partial charge >= 0.3 is 0 Å². The maximum absolute atomic E-state index is 5.37. The van der Waals surface area contributed by atoms with Gasteiger partial charge in [-0.05, 0) is 6.66 Å². The van der Waals surface area contributed by atoms with Crippen molar-refractivity contribution in [1.82, 2.24) is 0 Å². The molecule has 0 aromatic carbocycles. The Hall–Kier alpha value is 0.350. The SMILES string of the molecule is COC(N)CPC. The molecule has 0 amide bonds. The topological polar surface area (TPSA) is 35.2 Å². The quantitative estimate of drug-likeness (QED) is 0.428. The molecule has 2 N–H and O–H groups in total. The zero-order valence-electron chi connectivity index (χ0n) is 4.77. The fraction of sp³-hybridized carbons (Fsp3) is 1.00. The first kappa shape index (κ1) is 7.35. The van der Waals surface area contributed by atoms with Gasteiger partial charge in [-0.25, -0.2) is 0 Å². The van der Waals surface area contributed by atoms with Gasteiger partial charge in [-0.3, -0.25) is 0 Å². The summed E-state index contributed by atoms with van der Waals surface area (Å²) in [6.07, 6.45) is 0.944. The summed E-state index contributed by atoms with van der Waals surface area (Å²) in [5, 5.41) is 0. The van der Waals surface area contributed by atoms with E-state index in [-0.39, 0.29) is 6.23 Å². The Morgan fingerprint density at radius 2 is 2.43 bits per heavy atom. The van der Waals surface area contributed by atoms with Crippen LogP contribution in [0.1, 0.15) is 0 Å². The smallest absolute Gasteiger partial charge is 0.108 e. The largest absolute Gasteiger partial charge is 0.366 e. The molecule has 7 heavy (non-hydrogen) atoms. The number of ether oxygens (including phenoxy) is 1. The van der Waals surface area contributed by atoms with Crippen LogP contribution < -0.4 is 5.73 Å². The van der Waals surface area contributed by atoms with Gasteiger partial charge in [0.15, 0.2) is 0 Å². The van der Waals surface area contributed by atoms with Crippen LogP contribution in [0.4, 0.5) is 0 Å². The van der Waals surface area contributed by atoms with Crippen LogP contribution in [0, 0.1) is 0 Å². The average molecular weight is 121 g/mol. The number of hydrogen-bond donors (Lipinski definition) is 1. The van der Waals surface area contributed by atoms with Crippen LogP contribution in [0.2, 0.25) is 0 Å².